The molecule has 0 aliphatic heterocycles. The summed E-state index contributed by atoms with van der Waals surface area (Å²) in [6, 6.07) is 2.01. The maximum Gasteiger partial charge on any atom is 0.416 e. The largest absolute Gasteiger partial charge is 0.416 e. The molecule has 0 amide bonds. The maximum absolute atomic E-state index is 13.3. The number of alkyl halides is 3. The number of rotatable bonds is 8. The first kappa shape index (κ1) is 24.1. The van der Waals surface area contributed by atoms with E-state index in [0.717, 1.165) is 34.3 Å². The van der Waals surface area contributed by atoms with Crippen molar-refractivity contribution in [2.75, 3.05) is 23.8 Å². The van der Waals surface area contributed by atoms with Crippen LogP contribution >= 0.6 is 11.3 Å². The van der Waals surface area contributed by atoms with E-state index in [2.05, 4.69) is 25.6 Å². The number of nitrogens with zero attached hydrogens (tertiary/aromatic N) is 4. The predicted octanol–water partition coefficient (Wildman–Crippen LogP) is 4.33. The molecule has 3 unspecified atom stereocenters. The zero-order valence-electron chi connectivity index (χ0n) is 19.6. The van der Waals surface area contributed by atoms with E-state index in [1.165, 1.54) is 18.3 Å². The first-order valence-electron chi connectivity index (χ1n) is 11.6. The highest BCUT2D eigenvalue weighted by molar-refractivity contribution is 7.21. The fourth-order valence-electron chi connectivity index (χ4n) is 4.87. The SMILES string of the molecule is CCOC(CNc1nc(C)c(-c2nc3c(C)nccc3s2)c(NC2CC3C(O)C3C2)n1)C(F)(F)F. The van der Waals surface area contributed by atoms with E-state index in [1.807, 2.05) is 13.0 Å². The highest BCUT2D eigenvalue weighted by Gasteiger charge is 2.55. The molecule has 3 N–H and O–H groups in total. The molecule has 0 saturated heterocycles. The van der Waals surface area contributed by atoms with Gasteiger partial charge in [-0.15, -0.1) is 11.3 Å². The minimum Gasteiger partial charge on any atom is -0.393 e. The van der Waals surface area contributed by atoms with Crippen LogP contribution in [0, 0.1) is 25.7 Å². The van der Waals surface area contributed by atoms with Gasteiger partial charge in [-0.05, 0) is 51.5 Å². The van der Waals surface area contributed by atoms with E-state index in [0.29, 0.717) is 28.4 Å². The van der Waals surface area contributed by atoms with Crippen molar-refractivity contribution in [3.63, 3.8) is 0 Å². The molecule has 2 aliphatic rings. The van der Waals surface area contributed by atoms with Crippen LogP contribution in [0.1, 0.15) is 31.2 Å². The number of fused-ring (bicyclic) bond motifs is 2. The van der Waals surface area contributed by atoms with Gasteiger partial charge in [0, 0.05) is 18.8 Å². The van der Waals surface area contributed by atoms with Crippen LogP contribution in [0.15, 0.2) is 12.3 Å². The van der Waals surface area contributed by atoms with Gasteiger partial charge in [-0.25, -0.2) is 9.97 Å². The lowest BCUT2D eigenvalue weighted by molar-refractivity contribution is -0.214. The van der Waals surface area contributed by atoms with Gasteiger partial charge in [0.15, 0.2) is 6.10 Å². The number of anilines is 2. The molecule has 5 rings (SSSR count). The zero-order chi connectivity index (χ0) is 24.9. The molecule has 0 aromatic carbocycles. The van der Waals surface area contributed by atoms with Crippen molar-refractivity contribution in [3.05, 3.63) is 23.7 Å². The van der Waals surface area contributed by atoms with Crippen molar-refractivity contribution in [3.8, 4) is 10.6 Å². The summed E-state index contributed by atoms with van der Waals surface area (Å²) in [6.45, 7) is 4.66. The van der Waals surface area contributed by atoms with E-state index in [1.54, 1.807) is 13.1 Å². The van der Waals surface area contributed by atoms with Crippen LogP contribution in [0.4, 0.5) is 24.9 Å². The van der Waals surface area contributed by atoms with Gasteiger partial charge in [0.25, 0.3) is 0 Å². The van der Waals surface area contributed by atoms with E-state index >= 15 is 0 Å². The lowest BCUT2D eigenvalue weighted by atomic mass is 10.1. The quantitative estimate of drug-likeness (QED) is 0.413. The molecule has 3 aromatic rings. The first-order chi connectivity index (χ1) is 16.7. The van der Waals surface area contributed by atoms with Crippen LogP contribution in [-0.4, -0.2) is 62.6 Å². The van der Waals surface area contributed by atoms with Crippen molar-refractivity contribution in [2.24, 2.45) is 11.8 Å². The topological polar surface area (TPSA) is 105 Å². The molecule has 3 heterocycles. The maximum atomic E-state index is 13.3. The number of pyridine rings is 1. The molecule has 2 saturated carbocycles. The minimum atomic E-state index is -4.50. The smallest absolute Gasteiger partial charge is 0.393 e. The second-order valence-electron chi connectivity index (χ2n) is 9.12. The summed E-state index contributed by atoms with van der Waals surface area (Å²) in [5.41, 5.74) is 2.93. The molecule has 0 spiro atoms. The number of aliphatic hydroxyl groups is 1. The number of hydrogen-bond acceptors (Lipinski definition) is 9. The van der Waals surface area contributed by atoms with Crippen molar-refractivity contribution in [1.82, 2.24) is 19.9 Å². The molecule has 8 nitrogen and oxygen atoms in total. The number of halogens is 3. The number of thiazole rings is 1. The fraction of sp³-hybridized carbons (Fsp3) is 0.565. The molecule has 0 radical (unpaired) electrons. The van der Waals surface area contributed by atoms with E-state index in [4.69, 9.17) is 9.72 Å². The number of aryl methyl sites for hydroxylation is 2. The Bertz CT molecular complexity index is 1220. The Kier molecular flexibility index (Phi) is 6.30. The Morgan fingerprint density at radius 1 is 1.17 bits per heavy atom. The molecule has 3 aromatic heterocycles. The number of hydrogen-bond donors (Lipinski definition) is 3. The van der Waals surface area contributed by atoms with Crippen molar-refractivity contribution in [1.29, 1.82) is 0 Å². The average molecular weight is 509 g/mol. The summed E-state index contributed by atoms with van der Waals surface area (Å²) in [5.74, 6) is 1.20. The van der Waals surface area contributed by atoms with Crippen LogP contribution < -0.4 is 10.6 Å². The Morgan fingerprint density at radius 3 is 2.57 bits per heavy atom. The van der Waals surface area contributed by atoms with Crippen molar-refractivity contribution < 1.29 is 23.0 Å². The molecular weight excluding hydrogens is 481 g/mol. The van der Waals surface area contributed by atoms with Crippen molar-refractivity contribution in [2.45, 2.75) is 58.0 Å². The summed E-state index contributed by atoms with van der Waals surface area (Å²) in [7, 11) is 0. The highest BCUT2D eigenvalue weighted by Crippen LogP contribution is 2.52. The first-order valence-corrected chi connectivity index (χ1v) is 12.4. The third-order valence-electron chi connectivity index (χ3n) is 6.71. The summed E-state index contributed by atoms with van der Waals surface area (Å²) in [5, 5.41) is 16.8. The van der Waals surface area contributed by atoms with Gasteiger partial charge in [0.1, 0.15) is 16.3 Å². The van der Waals surface area contributed by atoms with E-state index < -0.39 is 18.8 Å². The second-order valence-corrected chi connectivity index (χ2v) is 10.1. The molecular formula is C23H27F3N6O2S. The molecule has 188 valence electrons. The Morgan fingerprint density at radius 2 is 1.91 bits per heavy atom. The van der Waals surface area contributed by atoms with Gasteiger partial charge >= 0.3 is 6.18 Å². The van der Waals surface area contributed by atoms with Gasteiger partial charge in [-0.1, -0.05) is 0 Å². The molecule has 2 aliphatic carbocycles. The van der Waals surface area contributed by atoms with Gasteiger partial charge < -0.3 is 20.5 Å². The summed E-state index contributed by atoms with van der Waals surface area (Å²) < 4.78 is 45.7. The average Bonchev–Trinajstić information content (AvgIpc) is 3.14. The summed E-state index contributed by atoms with van der Waals surface area (Å²) >= 11 is 1.49. The molecule has 12 heteroatoms. The van der Waals surface area contributed by atoms with Crippen LogP contribution in [0.25, 0.3) is 20.8 Å². The van der Waals surface area contributed by atoms with Crippen LogP contribution in [0.3, 0.4) is 0 Å². The Labute approximate surface area is 204 Å². The van der Waals surface area contributed by atoms with Crippen molar-refractivity contribution >= 4 is 33.3 Å². The van der Waals surface area contributed by atoms with Gasteiger partial charge in [-0.3, -0.25) is 4.98 Å². The predicted molar refractivity (Wildman–Crippen MR) is 128 cm³/mol. The number of ether oxygens (including phenoxy) is 1. The minimum absolute atomic E-state index is 0.0563. The van der Waals surface area contributed by atoms with Gasteiger partial charge in [0.2, 0.25) is 5.95 Å². The number of aliphatic hydroxyl groups excluding tert-OH is 1. The molecule has 2 fully saturated rings. The fourth-order valence-corrected chi connectivity index (χ4v) is 5.98. The molecule has 35 heavy (non-hydrogen) atoms. The second kappa shape index (κ2) is 9.14. The lowest BCUT2D eigenvalue weighted by Crippen LogP contribution is -2.38. The Hall–Kier alpha value is -2.57. The molecule has 3 atom stereocenters. The van der Waals surface area contributed by atoms with Gasteiger partial charge in [0.05, 0.1) is 34.3 Å². The van der Waals surface area contributed by atoms with Crippen LogP contribution in [0.2, 0.25) is 0 Å². The zero-order valence-corrected chi connectivity index (χ0v) is 20.4. The monoisotopic (exact) mass is 508 g/mol. The normalized spacial score (nSPS) is 24.4. The highest BCUT2D eigenvalue weighted by atomic mass is 32.1. The van der Waals surface area contributed by atoms with Crippen LogP contribution in [0.5, 0.6) is 0 Å². The lowest BCUT2D eigenvalue weighted by Gasteiger charge is -2.22. The standard InChI is InChI=1S/C23H27F3N6O2S/c1-4-34-16(23(24,25)26)9-28-22-29-10(2)17(21-31-18-11(3)27-6-5-15(18)35-21)20(32-22)30-12-7-13-14(8-12)19(13)33/h5-6,12-14,16,19,33H,4,7-9H2,1-3H3,(H2,28,29,30,32). The Balaban J connectivity index is 1.47. The molecule has 0 bridgehead atoms. The third-order valence-corrected chi connectivity index (χ3v) is 7.75. The van der Waals surface area contributed by atoms with E-state index in [-0.39, 0.29) is 24.7 Å². The summed E-state index contributed by atoms with van der Waals surface area (Å²) in [6.07, 6.45) is -3.32. The number of aromatic nitrogens is 4. The van der Waals surface area contributed by atoms with E-state index in [9.17, 15) is 18.3 Å². The van der Waals surface area contributed by atoms with Gasteiger partial charge in [-0.2, -0.15) is 18.2 Å². The third kappa shape index (κ3) is 4.78. The van der Waals surface area contributed by atoms with Crippen LogP contribution in [-0.2, 0) is 4.74 Å². The number of nitrogens with one attached hydrogen (secondary N) is 2. The summed E-state index contributed by atoms with van der Waals surface area (Å²) in [4.78, 5) is 18.1.